The zero-order valence-corrected chi connectivity index (χ0v) is 15.4. The molecule has 0 aliphatic rings. The van der Waals surface area contributed by atoms with Gasteiger partial charge in [-0.25, -0.2) is 9.97 Å². The summed E-state index contributed by atoms with van der Waals surface area (Å²) in [5.41, 5.74) is 4.08. The Morgan fingerprint density at radius 1 is 1.00 bits per heavy atom. The maximum absolute atomic E-state index is 12.7. The molecule has 0 spiro atoms. The van der Waals surface area contributed by atoms with Crippen molar-refractivity contribution in [3.8, 4) is 22.6 Å². The molecule has 0 atom stereocenters. The van der Waals surface area contributed by atoms with Crippen LogP contribution in [0.4, 0.5) is 5.88 Å². The molecule has 0 saturated carbocycles. The molecule has 0 fully saturated rings. The average molecular weight is 371 g/mol. The van der Waals surface area contributed by atoms with Crippen LogP contribution in [0.15, 0.2) is 65.6 Å². The van der Waals surface area contributed by atoms with E-state index in [-0.39, 0.29) is 5.91 Å². The molecule has 4 aromatic rings. The Morgan fingerprint density at radius 2 is 1.79 bits per heavy atom. The third kappa shape index (κ3) is 3.37. The third-order valence-electron chi connectivity index (χ3n) is 4.34. The van der Waals surface area contributed by atoms with Crippen LogP contribution in [0.2, 0.25) is 0 Å². The molecule has 1 amide bonds. The Labute approximate surface area is 161 Å². The van der Waals surface area contributed by atoms with Crippen molar-refractivity contribution in [2.75, 3.05) is 5.32 Å². The van der Waals surface area contributed by atoms with Crippen LogP contribution < -0.4 is 5.32 Å². The number of aromatic nitrogens is 4. The number of hydrogen-bond acceptors (Lipinski definition) is 6. The second-order valence-electron chi connectivity index (χ2n) is 6.24. The van der Waals surface area contributed by atoms with Crippen LogP contribution in [0.5, 0.6) is 0 Å². The number of anilines is 1. The van der Waals surface area contributed by atoms with E-state index in [1.807, 2.05) is 49.4 Å². The van der Waals surface area contributed by atoms with Crippen LogP contribution in [-0.4, -0.2) is 26.0 Å². The van der Waals surface area contributed by atoms with Crippen molar-refractivity contribution < 1.29 is 9.32 Å². The summed E-state index contributed by atoms with van der Waals surface area (Å²) in [6, 6.07) is 13.3. The van der Waals surface area contributed by atoms with E-state index in [0.29, 0.717) is 28.7 Å². The molecule has 0 radical (unpaired) electrons. The summed E-state index contributed by atoms with van der Waals surface area (Å²) in [5, 5.41) is 6.84. The highest BCUT2D eigenvalue weighted by atomic mass is 16.5. The lowest BCUT2D eigenvalue weighted by molar-refractivity contribution is 0.102. The summed E-state index contributed by atoms with van der Waals surface area (Å²) in [4.78, 5) is 25.5. The first-order valence-electron chi connectivity index (χ1n) is 8.70. The van der Waals surface area contributed by atoms with Crippen molar-refractivity contribution in [3.63, 3.8) is 0 Å². The molecule has 28 heavy (non-hydrogen) atoms. The van der Waals surface area contributed by atoms with Gasteiger partial charge in [0.2, 0.25) is 5.88 Å². The minimum absolute atomic E-state index is 0.305. The molecular formula is C21H17N5O2. The molecule has 4 rings (SSSR count). The van der Waals surface area contributed by atoms with Crippen LogP contribution >= 0.6 is 0 Å². The Balaban J connectivity index is 1.57. The Morgan fingerprint density at radius 3 is 2.50 bits per heavy atom. The number of carbonyl (C=O) groups is 1. The molecule has 138 valence electrons. The van der Waals surface area contributed by atoms with Gasteiger partial charge in [-0.2, -0.15) is 0 Å². The van der Waals surface area contributed by atoms with Gasteiger partial charge < -0.3 is 4.52 Å². The van der Waals surface area contributed by atoms with Gasteiger partial charge in [-0.1, -0.05) is 35.5 Å². The number of amides is 1. The highest BCUT2D eigenvalue weighted by Gasteiger charge is 2.19. The van der Waals surface area contributed by atoms with Crippen molar-refractivity contribution in [2.24, 2.45) is 0 Å². The van der Waals surface area contributed by atoms with Crippen LogP contribution in [0.1, 0.15) is 21.6 Å². The molecule has 7 nitrogen and oxygen atoms in total. The molecule has 7 heteroatoms. The second kappa shape index (κ2) is 7.40. The molecule has 3 aromatic heterocycles. The number of aryl methyl sites for hydroxylation is 1. The summed E-state index contributed by atoms with van der Waals surface area (Å²) in [5.74, 6) is 0.470. The molecular weight excluding hydrogens is 354 g/mol. The standard InChI is InChI=1S/C21H17N5O2/c1-13-18(15-7-4-3-5-8-15)26-28-21(13)25-20(27)17-12-23-19(24-14(17)2)16-9-6-10-22-11-16/h3-12H,1-2H3,(H,25,27). The van der Waals surface area contributed by atoms with E-state index in [4.69, 9.17) is 4.52 Å². The highest BCUT2D eigenvalue weighted by molar-refractivity contribution is 6.04. The highest BCUT2D eigenvalue weighted by Crippen LogP contribution is 2.28. The molecule has 3 heterocycles. The molecule has 0 aliphatic heterocycles. The van der Waals surface area contributed by atoms with Crippen molar-refractivity contribution >= 4 is 11.8 Å². The first-order chi connectivity index (χ1) is 13.6. The van der Waals surface area contributed by atoms with Gasteiger partial charge in [-0.3, -0.25) is 15.1 Å². The zero-order valence-electron chi connectivity index (χ0n) is 15.4. The number of rotatable bonds is 4. The number of nitrogens with zero attached hydrogens (tertiary/aromatic N) is 4. The normalized spacial score (nSPS) is 10.6. The van der Waals surface area contributed by atoms with E-state index in [2.05, 4.69) is 25.4 Å². The monoisotopic (exact) mass is 371 g/mol. The van der Waals surface area contributed by atoms with Gasteiger partial charge in [0.25, 0.3) is 5.91 Å². The minimum Gasteiger partial charge on any atom is -0.338 e. The van der Waals surface area contributed by atoms with Crippen molar-refractivity contribution in [3.05, 3.63) is 77.9 Å². The number of nitrogens with one attached hydrogen (secondary N) is 1. The van der Waals surface area contributed by atoms with E-state index in [9.17, 15) is 4.79 Å². The van der Waals surface area contributed by atoms with E-state index in [1.54, 1.807) is 19.3 Å². The summed E-state index contributed by atoms with van der Waals surface area (Å²) >= 11 is 0. The van der Waals surface area contributed by atoms with Gasteiger partial charge in [-0.05, 0) is 26.0 Å². The Bertz CT molecular complexity index is 1120. The van der Waals surface area contributed by atoms with Gasteiger partial charge >= 0.3 is 0 Å². The van der Waals surface area contributed by atoms with Gasteiger partial charge in [0.1, 0.15) is 5.69 Å². The van der Waals surface area contributed by atoms with Crippen LogP contribution in [0.3, 0.4) is 0 Å². The van der Waals surface area contributed by atoms with Crippen LogP contribution in [0.25, 0.3) is 22.6 Å². The molecule has 0 unspecified atom stereocenters. The summed E-state index contributed by atoms with van der Waals surface area (Å²) in [6.45, 7) is 3.61. The number of carbonyl (C=O) groups excluding carboxylic acids is 1. The van der Waals surface area contributed by atoms with Gasteiger partial charge in [-0.15, -0.1) is 0 Å². The van der Waals surface area contributed by atoms with E-state index in [1.165, 1.54) is 6.20 Å². The molecule has 0 bridgehead atoms. The lowest BCUT2D eigenvalue weighted by Crippen LogP contribution is -2.15. The first kappa shape index (κ1) is 17.5. The minimum atomic E-state index is -0.353. The largest absolute Gasteiger partial charge is 0.338 e. The van der Waals surface area contributed by atoms with Crippen molar-refractivity contribution in [2.45, 2.75) is 13.8 Å². The van der Waals surface area contributed by atoms with Crippen LogP contribution in [-0.2, 0) is 0 Å². The molecule has 0 aliphatic carbocycles. The van der Waals surface area contributed by atoms with Gasteiger partial charge in [0.15, 0.2) is 5.82 Å². The molecule has 1 aromatic carbocycles. The van der Waals surface area contributed by atoms with E-state index in [0.717, 1.165) is 16.7 Å². The fraction of sp³-hybridized carbons (Fsp3) is 0.0952. The van der Waals surface area contributed by atoms with Crippen molar-refractivity contribution in [1.29, 1.82) is 0 Å². The molecule has 1 N–H and O–H groups in total. The third-order valence-corrected chi connectivity index (χ3v) is 4.34. The maximum Gasteiger partial charge on any atom is 0.261 e. The van der Waals surface area contributed by atoms with Crippen molar-refractivity contribution in [1.82, 2.24) is 20.1 Å². The van der Waals surface area contributed by atoms with E-state index >= 15 is 0 Å². The summed E-state index contributed by atoms with van der Waals surface area (Å²) < 4.78 is 5.34. The van der Waals surface area contributed by atoms with E-state index < -0.39 is 0 Å². The lowest BCUT2D eigenvalue weighted by Gasteiger charge is -2.07. The van der Waals surface area contributed by atoms with Gasteiger partial charge in [0, 0.05) is 35.3 Å². The molecule has 0 saturated heterocycles. The quantitative estimate of drug-likeness (QED) is 0.581. The maximum atomic E-state index is 12.7. The predicted octanol–water partition coefficient (Wildman–Crippen LogP) is 4.06. The Hall–Kier alpha value is -3.87. The topological polar surface area (TPSA) is 93.8 Å². The fourth-order valence-electron chi connectivity index (χ4n) is 2.81. The Kier molecular flexibility index (Phi) is 4.63. The SMILES string of the molecule is Cc1nc(-c2cccnc2)ncc1C(=O)Nc1onc(-c2ccccc2)c1C. The smallest absolute Gasteiger partial charge is 0.261 e. The van der Waals surface area contributed by atoms with Gasteiger partial charge in [0.05, 0.1) is 11.3 Å². The predicted molar refractivity (Wildman–Crippen MR) is 105 cm³/mol. The second-order valence-corrected chi connectivity index (χ2v) is 6.24. The summed E-state index contributed by atoms with van der Waals surface area (Å²) in [6.07, 6.45) is 4.86. The van der Waals surface area contributed by atoms with Crippen LogP contribution in [0, 0.1) is 13.8 Å². The number of pyridine rings is 1. The first-order valence-corrected chi connectivity index (χ1v) is 8.70. The fourth-order valence-corrected chi connectivity index (χ4v) is 2.81. The zero-order chi connectivity index (χ0) is 19.5. The number of hydrogen-bond donors (Lipinski definition) is 1. The summed E-state index contributed by atoms with van der Waals surface area (Å²) in [7, 11) is 0. The number of benzene rings is 1. The lowest BCUT2D eigenvalue weighted by atomic mass is 10.1. The average Bonchev–Trinajstić information content (AvgIpc) is 3.09.